The Morgan fingerprint density at radius 3 is 2.20 bits per heavy atom. The summed E-state index contributed by atoms with van der Waals surface area (Å²) in [6.07, 6.45) is 1.64. The van der Waals surface area contributed by atoms with Gasteiger partial charge in [-0.05, 0) is 17.4 Å². The second-order valence-corrected chi connectivity index (χ2v) is 10.4. The molecule has 0 saturated heterocycles. The predicted octanol–water partition coefficient (Wildman–Crippen LogP) is 3.45. The average Bonchev–Trinajstić information content (AvgIpc) is 2.12. The minimum absolute atomic E-state index is 0.254. The van der Waals surface area contributed by atoms with Gasteiger partial charge in [0.25, 0.3) is 0 Å². The Balaban J connectivity index is 4.57. The summed E-state index contributed by atoms with van der Waals surface area (Å²) in [5.74, 6) is 3.91. The zero-order valence-corrected chi connectivity index (χ0v) is 12.1. The molecule has 0 aliphatic carbocycles. The Labute approximate surface area is 96.3 Å². The quantitative estimate of drug-likeness (QED) is 0.442. The van der Waals surface area contributed by atoms with Gasteiger partial charge in [0.2, 0.25) is 0 Å². The molecular formula is C13H26OSi. The summed E-state index contributed by atoms with van der Waals surface area (Å²) in [7, 11) is -1.49. The number of unbranched alkanes of at least 4 members (excludes halogenated alkanes) is 1. The second-order valence-electron chi connectivity index (χ2n) is 5.63. The molecule has 0 fully saturated rings. The molecule has 15 heavy (non-hydrogen) atoms. The molecule has 0 aromatic heterocycles. The molecule has 0 bridgehead atoms. The van der Waals surface area contributed by atoms with Crippen molar-refractivity contribution in [3.05, 3.63) is 0 Å². The van der Waals surface area contributed by atoms with Gasteiger partial charge in [-0.15, -0.1) is 11.5 Å². The molecule has 0 unspecified atom stereocenters. The monoisotopic (exact) mass is 226 g/mol. The van der Waals surface area contributed by atoms with Gasteiger partial charge in [-0.2, -0.15) is 0 Å². The Morgan fingerprint density at radius 2 is 1.80 bits per heavy atom. The number of aliphatic hydroxyl groups is 1. The van der Waals surface area contributed by atoms with Crippen molar-refractivity contribution in [2.75, 3.05) is 6.61 Å². The molecule has 0 saturated carbocycles. The Morgan fingerprint density at radius 1 is 1.27 bits per heavy atom. The third-order valence-electron chi connectivity index (χ3n) is 3.91. The number of rotatable bonds is 4. The summed E-state index contributed by atoms with van der Waals surface area (Å²) >= 11 is 0. The van der Waals surface area contributed by atoms with E-state index >= 15 is 0 Å². The van der Waals surface area contributed by atoms with Crippen LogP contribution in [-0.2, 0) is 0 Å². The molecule has 0 spiro atoms. The van der Waals surface area contributed by atoms with E-state index in [1.807, 2.05) is 0 Å². The second kappa shape index (κ2) is 5.72. The zero-order chi connectivity index (χ0) is 12.1. The highest BCUT2D eigenvalue weighted by molar-refractivity contribution is 6.87. The molecule has 1 N–H and O–H groups in total. The highest BCUT2D eigenvalue weighted by Crippen LogP contribution is 2.43. The van der Waals surface area contributed by atoms with E-state index in [0.29, 0.717) is 11.0 Å². The summed E-state index contributed by atoms with van der Waals surface area (Å²) < 4.78 is 0. The fourth-order valence-electron chi connectivity index (χ4n) is 1.33. The lowest BCUT2D eigenvalue weighted by Gasteiger charge is -2.39. The van der Waals surface area contributed by atoms with E-state index in [1.54, 1.807) is 0 Å². The van der Waals surface area contributed by atoms with Crippen LogP contribution in [0.3, 0.4) is 0 Å². The third-order valence-corrected chi connectivity index (χ3v) is 8.52. The first-order chi connectivity index (χ1) is 6.75. The lowest BCUT2D eigenvalue weighted by molar-refractivity contribution is 0.290. The van der Waals surface area contributed by atoms with Crippen molar-refractivity contribution in [2.45, 2.75) is 58.7 Å². The minimum atomic E-state index is -1.49. The van der Waals surface area contributed by atoms with Gasteiger partial charge in [0.1, 0.15) is 8.07 Å². The van der Waals surface area contributed by atoms with Crippen molar-refractivity contribution in [2.24, 2.45) is 5.92 Å². The molecule has 0 aliphatic rings. The summed E-state index contributed by atoms with van der Waals surface area (Å²) in [5, 5.41) is 9.03. The van der Waals surface area contributed by atoms with Crippen LogP contribution in [0.4, 0.5) is 0 Å². The molecule has 88 valence electrons. The van der Waals surface area contributed by atoms with Gasteiger partial charge in [-0.3, -0.25) is 0 Å². The van der Waals surface area contributed by atoms with E-state index in [2.05, 4.69) is 52.3 Å². The number of aliphatic hydroxyl groups excluding tert-OH is 1. The van der Waals surface area contributed by atoms with Crippen LogP contribution in [0.1, 0.15) is 40.5 Å². The van der Waals surface area contributed by atoms with Gasteiger partial charge in [0, 0.05) is 13.0 Å². The SMILES string of the molecule is CC(C)C(C)(C)[Si](C)(C)C#CCCCO. The van der Waals surface area contributed by atoms with Gasteiger partial charge < -0.3 is 5.11 Å². The van der Waals surface area contributed by atoms with Gasteiger partial charge in [-0.1, -0.05) is 40.8 Å². The van der Waals surface area contributed by atoms with Crippen LogP contribution >= 0.6 is 0 Å². The largest absolute Gasteiger partial charge is 0.396 e. The van der Waals surface area contributed by atoms with Gasteiger partial charge in [-0.25, -0.2) is 0 Å². The standard InChI is InChI=1S/C13H26OSi/c1-12(2)13(3,4)15(5,6)11-9-7-8-10-14/h12,14H,7-8,10H2,1-6H3. The van der Waals surface area contributed by atoms with E-state index in [9.17, 15) is 0 Å². The lowest BCUT2D eigenvalue weighted by Crippen LogP contribution is -2.41. The number of hydrogen-bond donors (Lipinski definition) is 1. The summed E-state index contributed by atoms with van der Waals surface area (Å²) in [5.41, 5.74) is 3.49. The molecule has 0 radical (unpaired) electrons. The van der Waals surface area contributed by atoms with Crippen molar-refractivity contribution in [3.8, 4) is 11.5 Å². The van der Waals surface area contributed by atoms with Crippen LogP contribution in [0.25, 0.3) is 0 Å². The van der Waals surface area contributed by atoms with E-state index in [1.165, 1.54) is 0 Å². The fourth-order valence-corrected chi connectivity index (χ4v) is 3.67. The van der Waals surface area contributed by atoms with Gasteiger partial charge >= 0.3 is 0 Å². The summed E-state index contributed by atoms with van der Waals surface area (Å²) in [6.45, 7) is 14.2. The molecular weight excluding hydrogens is 200 g/mol. The topological polar surface area (TPSA) is 20.2 Å². The van der Waals surface area contributed by atoms with Crippen LogP contribution in [0.5, 0.6) is 0 Å². The molecule has 0 aromatic rings. The maximum Gasteiger partial charge on any atom is 0.138 e. The Bertz CT molecular complexity index is 243. The third kappa shape index (κ3) is 4.00. The molecule has 0 atom stereocenters. The highest BCUT2D eigenvalue weighted by atomic mass is 28.3. The van der Waals surface area contributed by atoms with Crippen LogP contribution in [0.15, 0.2) is 0 Å². The zero-order valence-electron chi connectivity index (χ0n) is 11.1. The smallest absolute Gasteiger partial charge is 0.138 e. The first-order valence-corrected chi connectivity index (χ1v) is 8.86. The lowest BCUT2D eigenvalue weighted by atomic mass is 9.99. The molecule has 0 rings (SSSR count). The molecule has 0 amide bonds. The van der Waals surface area contributed by atoms with Crippen LogP contribution < -0.4 is 0 Å². The Kier molecular flexibility index (Phi) is 5.62. The van der Waals surface area contributed by atoms with Gasteiger partial charge in [0.05, 0.1) is 0 Å². The van der Waals surface area contributed by atoms with E-state index in [4.69, 9.17) is 5.11 Å². The average molecular weight is 226 g/mol. The summed E-state index contributed by atoms with van der Waals surface area (Å²) in [4.78, 5) is 0. The minimum Gasteiger partial charge on any atom is -0.396 e. The first-order valence-electron chi connectivity index (χ1n) is 5.86. The molecule has 1 nitrogen and oxygen atoms in total. The summed E-state index contributed by atoms with van der Waals surface area (Å²) in [6, 6.07) is 0. The highest BCUT2D eigenvalue weighted by Gasteiger charge is 2.40. The molecule has 2 heteroatoms. The molecule has 0 aliphatic heterocycles. The van der Waals surface area contributed by atoms with Crippen molar-refractivity contribution in [1.82, 2.24) is 0 Å². The van der Waals surface area contributed by atoms with Crippen LogP contribution in [-0.4, -0.2) is 19.8 Å². The van der Waals surface area contributed by atoms with Gasteiger partial charge in [0.15, 0.2) is 0 Å². The predicted molar refractivity (Wildman–Crippen MR) is 70.5 cm³/mol. The maximum absolute atomic E-state index is 8.69. The molecule has 0 heterocycles. The van der Waals surface area contributed by atoms with Crippen LogP contribution in [0, 0.1) is 17.4 Å². The maximum atomic E-state index is 8.69. The van der Waals surface area contributed by atoms with Crippen molar-refractivity contribution < 1.29 is 5.11 Å². The van der Waals surface area contributed by atoms with Crippen LogP contribution in [0.2, 0.25) is 18.1 Å². The van der Waals surface area contributed by atoms with E-state index in [-0.39, 0.29) is 6.61 Å². The van der Waals surface area contributed by atoms with E-state index in [0.717, 1.165) is 12.8 Å². The normalized spacial score (nSPS) is 12.5. The fraction of sp³-hybridized carbons (Fsp3) is 0.846. The molecule has 0 aromatic carbocycles. The van der Waals surface area contributed by atoms with Crippen molar-refractivity contribution >= 4 is 8.07 Å². The van der Waals surface area contributed by atoms with Crippen molar-refractivity contribution in [1.29, 1.82) is 0 Å². The Hall–Kier alpha value is -0.263. The first kappa shape index (κ1) is 14.7. The van der Waals surface area contributed by atoms with Crippen molar-refractivity contribution in [3.63, 3.8) is 0 Å². The van der Waals surface area contributed by atoms with E-state index < -0.39 is 8.07 Å². The number of hydrogen-bond acceptors (Lipinski definition) is 1.